The highest BCUT2D eigenvalue weighted by molar-refractivity contribution is 5.78. The van der Waals surface area contributed by atoms with Gasteiger partial charge < -0.3 is 10.6 Å². The molecule has 1 heterocycles. The van der Waals surface area contributed by atoms with Crippen LogP contribution in [0, 0.1) is 17.6 Å². The van der Waals surface area contributed by atoms with E-state index in [0.29, 0.717) is 24.9 Å². The molecular formula is C15H20F2N2O. The van der Waals surface area contributed by atoms with Gasteiger partial charge in [-0.2, -0.15) is 0 Å². The number of halogens is 2. The number of carbonyl (C=O) groups is 1. The van der Waals surface area contributed by atoms with Crippen molar-refractivity contribution in [1.29, 1.82) is 0 Å². The number of likely N-dealkylation sites (tertiary alicyclic amines) is 1. The molecule has 3 nitrogen and oxygen atoms in total. The number of carbonyl (C=O) groups excluding carboxylic acids is 1. The lowest BCUT2D eigenvalue weighted by atomic mass is 9.89. The molecule has 1 fully saturated rings. The Morgan fingerprint density at radius 3 is 2.70 bits per heavy atom. The molecule has 0 radical (unpaired) electrons. The molecule has 2 N–H and O–H groups in total. The number of benzene rings is 1. The molecule has 2 rings (SSSR count). The second-order valence-electron chi connectivity index (χ2n) is 5.75. The maximum atomic E-state index is 14.0. The Kier molecular flexibility index (Phi) is 4.38. The molecule has 1 aromatic rings. The fourth-order valence-electron chi connectivity index (χ4n) is 2.73. The number of hydrogen-bond donors (Lipinski definition) is 1. The number of piperidine rings is 1. The minimum atomic E-state index is -0.645. The Labute approximate surface area is 117 Å². The van der Waals surface area contributed by atoms with Gasteiger partial charge in [-0.25, -0.2) is 8.78 Å². The number of nitrogens with two attached hydrogens (primary N) is 1. The minimum absolute atomic E-state index is 0.0193. The molecule has 2 atom stereocenters. The summed E-state index contributed by atoms with van der Waals surface area (Å²) in [5.41, 5.74) is 6.39. The first-order valence-corrected chi connectivity index (χ1v) is 6.90. The van der Waals surface area contributed by atoms with Crippen molar-refractivity contribution in [1.82, 2.24) is 4.90 Å². The van der Waals surface area contributed by atoms with Crippen LogP contribution in [0.5, 0.6) is 0 Å². The number of rotatable bonds is 3. The Balaban J connectivity index is 2.39. The highest BCUT2D eigenvalue weighted by Crippen LogP contribution is 2.33. The van der Waals surface area contributed by atoms with Gasteiger partial charge in [0.25, 0.3) is 0 Å². The van der Waals surface area contributed by atoms with Crippen molar-refractivity contribution in [2.24, 2.45) is 11.7 Å². The average Bonchev–Trinajstić information content (AvgIpc) is 2.35. The first-order chi connectivity index (χ1) is 9.40. The van der Waals surface area contributed by atoms with Crippen molar-refractivity contribution in [3.8, 4) is 0 Å². The maximum absolute atomic E-state index is 14.0. The summed E-state index contributed by atoms with van der Waals surface area (Å²) in [7, 11) is 0. The van der Waals surface area contributed by atoms with Crippen LogP contribution in [0.25, 0.3) is 0 Å². The van der Waals surface area contributed by atoms with Gasteiger partial charge in [-0.3, -0.25) is 4.79 Å². The van der Waals surface area contributed by atoms with Crippen molar-refractivity contribution in [3.63, 3.8) is 0 Å². The molecule has 2 unspecified atom stereocenters. The third-order valence-corrected chi connectivity index (χ3v) is 3.60. The van der Waals surface area contributed by atoms with Crippen molar-refractivity contribution < 1.29 is 13.6 Å². The summed E-state index contributed by atoms with van der Waals surface area (Å²) in [5.74, 6) is -1.03. The largest absolute Gasteiger partial charge is 0.334 e. The standard InChI is InChI=1S/C15H20F2N2O/c1-9(2)8-19-14(20)6-5-13(18)15(19)11-4-3-10(16)7-12(11)17/h3-4,7,9,13,15H,5-6,8,18H2,1-2H3. The normalized spacial score (nSPS) is 23.5. The van der Waals surface area contributed by atoms with Crippen molar-refractivity contribution in [2.45, 2.75) is 38.8 Å². The molecule has 0 spiro atoms. The third-order valence-electron chi connectivity index (χ3n) is 3.60. The van der Waals surface area contributed by atoms with Crippen LogP contribution in [-0.4, -0.2) is 23.4 Å². The molecule has 0 aliphatic carbocycles. The average molecular weight is 282 g/mol. The smallest absolute Gasteiger partial charge is 0.223 e. The van der Waals surface area contributed by atoms with E-state index < -0.39 is 17.7 Å². The van der Waals surface area contributed by atoms with Crippen LogP contribution in [-0.2, 0) is 4.79 Å². The van der Waals surface area contributed by atoms with Gasteiger partial charge in [0.2, 0.25) is 5.91 Å². The van der Waals surface area contributed by atoms with Crippen LogP contribution < -0.4 is 5.73 Å². The number of amides is 1. The quantitative estimate of drug-likeness (QED) is 0.926. The zero-order valence-electron chi connectivity index (χ0n) is 11.8. The highest BCUT2D eigenvalue weighted by Gasteiger charge is 2.36. The van der Waals surface area contributed by atoms with Crippen LogP contribution in [0.3, 0.4) is 0 Å². The van der Waals surface area contributed by atoms with Crippen molar-refractivity contribution in [3.05, 3.63) is 35.4 Å². The number of nitrogens with zero attached hydrogens (tertiary/aromatic N) is 1. The van der Waals surface area contributed by atoms with Gasteiger partial charge in [0.15, 0.2) is 0 Å². The third kappa shape index (κ3) is 2.98. The van der Waals surface area contributed by atoms with E-state index in [-0.39, 0.29) is 17.9 Å². The fraction of sp³-hybridized carbons (Fsp3) is 0.533. The van der Waals surface area contributed by atoms with Crippen LogP contribution in [0.15, 0.2) is 18.2 Å². The summed E-state index contributed by atoms with van der Waals surface area (Å²) in [5, 5.41) is 0. The lowest BCUT2D eigenvalue weighted by molar-refractivity contribution is -0.138. The van der Waals surface area contributed by atoms with Crippen molar-refractivity contribution >= 4 is 5.91 Å². The van der Waals surface area contributed by atoms with Crippen LogP contribution in [0.1, 0.15) is 38.3 Å². The molecule has 1 amide bonds. The van der Waals surface area contributed by atoms with Gasteiger partial charge in [-0.15, -0.1) is 0 Å². The molecule has 110 valence electrons. The Bertz CT molecular complexity index is 505. The molecule has 5 heteroatoms. The van der Waals surface area contributed by atoms with Crippen LogP contribution in [0.2, 0.25) is 0 Å². The van der Waals surface area contributed by atoms with E-state index in [9.17, 15) is 13.6 Å². The maximum Gasteiger partial charge on any atom is 0.223 e. The van der Waals surface area contributed by atoms with Crippen molar-refractivity contribution in [2.75, 3.05) is 6.54 Å². The Hall–Kier alpha value is -1.49. The van der Waals surface area contributed by atoms with E-state index in [1.807, 2.05) is 13.8 Å². The summed E-state index contributed by atoms with van der Waals surface area (Å²) < 4.78 is 27.1. The van der Waals surface area contributed by atoms with E-state index in [4.69, 9.17) is 5.73 Å². The molecule has 1 aliphatic heterocycles. The Morgan fingerprint density at radius 2 is 2.10 bits per heavy atom. The second-order valence-corrected chi connectivity index (χ2v) is 5.75. The van der Waals surface area contributed by atoms with E-state index in [1.165, 1.54) is 12.1 Å². The molecule has 0 aromatic heterocycles. The van der Waals surface area contributed by atoms with Gasteiger partial charge >= 0.3 is 0 Å². The first-order valence-electron chi connectivity index (χ1n) is 6.90. The zero-order valence-corrected chi connectivity index (χ0v) is 11.8. The zero-order chi connectivity index (χ0) is 14.9. The molecule has 1 aliphatic rings. The van der Waals surface area contributed by atoms with E-state index in [0.717, 1.165) is 6.07 Å². The van der Waals surface area contributed by atoms with Crippen LogP contribution >= 0.6 is 0 Å². The fourth-order valence-corrected chi connectivity index (χ4v) is 2.73. The molecule has 0 bridgehead atoms. The second kappa shape index (κ2) is 5.87. The van der Waals surface area contributed by atoms with Gasteiger partial charge in [0.1, 0.15) is 11.6 Å². The number of hydrogen-bond acceptors (Lipinski definition) is 2. The van der Waals surface area contributed by atoms with Crippen LogP contribution in [0.4, 0.5) is 8.78 Å². The van der Waals surface area contributed by atoms with Gasteiger partial charge in [-0.1, -0.05) is 19.9 Å². The van der Waals surface area contributed by atoms with Gasteiger partial charge in [0, 0.05) is 30.6 Å². The topological polar surface area (TPSA) is 46.3 Å². The summed E-state index contributed by atoms with van der Waals surface area (Å²) in [4.78, 5) is 13.7. The van der Waals surface area contributed by atoms with E-state index in [2.05, 4.69) is 0 Å². The van der Waals surface area contributed by atoms with Gasteiger partial charge in [-0.05, 0) is 18.4 Å². The summed E-state index contributed by atoms with van der Waals surface area (Å²) in [6.07, 6.45) is 0.905. The first kappa shape index (κ1) is 14.9. The van der Waals surface area contributed by atoms with E-state index >= 15 is 0 Å². The molecular weight excluding hydrogens is 262 g/mol. The summed E-state index contributed by atoms with van der Waals surface area (Å²) in [6.45, 7) is 4.50. The lowest BCUT2D eigenvalue weighted by Crippen LogP contribution is -2.50. The minimum Gasteiger partial charge on any atom is -0.334 e. The molecule has 1 aromatic carbocycles. The monoisotopic (exact) mass is 282 g/mol. The summed E-state index contributed by atoms with van der Waals surface area (Å²) in [6, 6.07) is 2.60. The Morgan fingerprint density at radius 1 is 1.40 bits per heavy atom. The molecule has 0 saturated carbocycles. The SMILES string of the molecule is CC(C)CN1C(=O)CCC(N)C1c1ccc(F)cc1F. The lowest BCUT2D eigenvalue weighted by Gasteiger charge is -2.41. The predicted octanol–water partition coefficient (Wildman–Crippen LogP) is 2.61. The predicted molar refractivity (Wildman–Crippen MR) is 72.9 cm³/mol. The highest BCUT2D eigenvalue weighted by atomic mass is 19.1. The summed E-state index contributed by atoms with van der Waals surface area (Å²) >= 11 is 0. The molecule has 1 saturated heterocycles. The van der Waals surface area contributed by atoms with Gasteiger partial charge in [0.05, 0.1) is 6.04 Å². The molecule has 20 heavy (non-hydrogen) atoms. The van der Waals surface area contributed by atoms with E-state index in [1.54, 1.807) is 4.90 Å².